The fraction of sp³-hybridized carbons (Fsp3) is 0.500. The average molecular weight is 282 g/mol. The van der Waals surface area contributed by atoms with E-state index in [0.29, 0.717) is 24.5 Å². The molecule has 4 nitrogen and oxygen atoms in total. The highest BCUT2D eigenvalue weighted by Crippen LogP contribution is 2.14. The van der Waals surface area contributed by atoms with Gasteiger partial charge in [-0.2, -0.15) is 11.8 Å². The summed E-state index contributed by atoms with van der Waals surface area (Å²) in [6.45, 7) is 2.39. The van der Waals surface area contributed by atoms with Crippen LogP contribution in [0.25, 0.3) is 0 Å². The van der Waals surface area contributed by atoms with E-state index in [9.17, 15) is 4.79 Å². The Morgan fingerprint density at radius 1 is 1.53 bits per heavy atom. The maximum atomic E-state index is 11.7. The summed E-state index contributed by atoms with van der Waals surface area (Å²) >= 11 is 1.79. The van der Waals surface area contributed by atoms with Crippen LogP contribution in [0.1, 0.15) is 19.8 Å². The first-order valence-corrected chi connectivity index (χ1v) is 7.78. The molecule has 0 saturated carbocycles. The Hall–Kier alpha value is -1.36. The summed E-state index contributed by atoms with van der Waals surface area (Å²) in [4.78, 5) is 11.7. The van der Waals surface area contributed by atoms with Crippen molar-refractivity contribution in [2.75, 3.05) is 24.3 Å². The first kappa shape index (κ1) is 15.7. The molecule has 1 aromatic carbocycles. The molecule has 19 heavy (non-hydrogen) atoms. The van der Waals surface area contributed by atoms with E-state index in [-0.39, 0.29) is 11.9 Å². The summed E-state index contributed by atoms with van der Waals surface area (Å²) in [5, 5.41) is 2.96. The van der Waals surface area contributed by atoms with Gasteiger partial charge in [0, 0.05) is 17.8 Å². The van der Waals surface area contributed by atoms with E-state index in [1.165, 1.54) is 0 Å². The fourth-order valence-corrected chi connectivity index (χ4v) is 2.17. The third-order valence-corrected chi connectivity index (χ3v) is 3.26. The molecule has 0 radical (unpaired) electrons. The van der Waals surface area contributed by atoms with E-state index in [4.69, 9.17) is 10.5 Å². The van der Waals surface area contributed by atoms with Gasteiger partial charge in [-0.15, -0.1) is 0 Å². The number of carbonyl (C=O) groups excluding carboxylic acids is 1. The fourth-order valence-electron chi connectivity index (χ4n) is 1.58. The third kappa shape index (κ3) is 6.96. The number of hydrogen-bond donors (Lipinski definition) is 2. The smallest absolute Gasteiger partial charge is 0.223 e. The van der Waals surface area contributed by atoms with Crippen molar-refractivity contribution in [1.82, 2.24) is 5.32 Å². The lowest BCUT2D eigenvalue weighted by atomic mass is 10.2. The van der Waals surface area contributed by atoms with Crippen LogP contribution in [0.2, 0.25) is 0 Å². The molecular weight excluding hydrogens is 260 g/mol. The second kappa shape index (κ2) is 8.69. The van der Waals surface area contributed by atoms with Gasteiger partial charge in [-0.1, -0.05) is 6.07 Å². The van der Waals surface area contributed by atoms with Crippen LogP contribution < -0.4 is 15.8 Å². The Labute approximate surface area is 119 Å². The highest BCUT2D eigenvalue weighted by molar-refractivity contribution is 7.98. The van der Waals surface area contributed by atoms with Gasteiger partial charge in [0.05, 0.1) is 13.0 Å². The van der Waals surface area contributed by atoms with Crippen LogP contribution in [0.4, 0.5) is 5.69 Å². The molecular formula is C14H22N2O2S. The van der Waals surface area contributed by atoms with Crippen molar-refractivity contribution < 1.29 is 9.53 Å². The summed E-state index contributed by atoms with van der Waals surface area (Å²) < 4.78 is 5.48. The van der Waals surface area contributed by atoms with Crippen molar-refractivity contribution in [2.45, 2.75) is 25.8 Å². The number of nitrogens with one attached hydrogen (secondary N) is 1. The van der Waals surface area contributed by atoms with Gasteiger partial charge in [0.1, 0.15) is 5.75 Å². The number of carbonyl (C=O) groups is 1. The molecule has 1 amide bonds. The summed E-state index contributed by atoms with van der Waals surface area (Å²) in [6.07, 6.45) is 3.41. The highest BCUT2D eigenvalue weighted by atomic mass is 32.2. The quantitative estimate of drug-likeness (QED) is 0.718. The first-order valence-electron chi connectivity index (χ1n) is 6.38. The molecule has 0 spiro atoms. The van der Waals surface area contributed by atoms with E-state index in [0.717, 1.165) is 12.2 Å². The topological polar surface area (TPSA) is 64.3 Å². The van der Waals surface area contributed by atoms with Crippen molar-refractivity contribution >= 4 is 23.4 Å². The molecule has 1 aromatic rings. The van der Waals surface area contributed by atoms with Crippen molar-refractivity contribution in [3.05, 3.63) is 24.3 Å². The standard InChI is InChI=1S/C14H22N2O2S/c1-11(7-9-19-2)16-14(17)6-8-18-13-5-3-4-12(15)10-13/h3-5,10-11H,6-9,15H2,1-2H3,(H,16,17). The monoisotopic (exact) mass is 282 g/mol. The number of anilines is 1. The normalized spacial score (nSPS) is 11.9. The van der Waals surface area contributed by atoms with Gasteiger partial charge in [-0.3, -0.25) is 4.79 Å². The molecule has 0 bridgehead atoms. The van der Waals surface area contributed by atoms with E-state index < -0.39 is 0 Å². The number of rotatable bonds is 8. The zero-order valence-corrected chi connectivity index (χ0v) is 12.3. The van der Waals surface area contributed by atoms with E-state index in [1.54, 1.807) is 23.9 Å². The number of benzene rings is 1. The summed E-state index contributed by atoms with van der Waals surface area (Å²) in [5.41, 5.74) is 6.30. The van der Waals surface area contributed by atoms with Crippen LogP contribution in [-0.2, 0) is 4.79 Å². The second-order valence-corrected chi connectivity index (χ2v) is 5.41. The summed E-state index contributed by atoms with van der Waals surface area (Å²) in [7, 11) is 0. The summed E-state index contributed by atoms with van der Waals surface area (Å²) in [6, 6.07) is 7.42. The average Bonchev–Trinajstić information content (AvgIpc) is 2.36. The minimum absolute atomic E-state index is 0.0255. The van der Waals surface area contributed by atoms with E-state index in [1.807, 2.05) is 19.1 Å². The van der Waals surface area contributed by atoms with Crippen LogP contribution in [-0.4, -0.2) is 30.6 Å². The van der Waals surface area contributed by atoms with Crippen LogP contribution in [0.15, 0.2) is 24.3 Å². The minimum atomic E-state index is 0.0255. The Morgan fingerprint density at radius 3 is 3.00 bits per heavy atom. The van der Waals surface area contributed by atoms with Gasteiger partial charge in [0.25, 0.3) is 0 Å². The Morgan fingerprint density at radius 2 is 2.32 bits per heavy atom. The molecule has 1 atom stereocenters. The number of amides is 1. The largest absolute Gasteiger partial charge is 0.493 e. The molecule has 0 fully saturated rings. The molecule has 5 heteroatoms. The van der Waals surface area contributed by atoms with Gasteiger partial charge >= 0.3 is 0 Å². The highest BCUT2D eigenvalue weighted by Gasteiger charge is 2.07. The van der Waals surface area contributed by atoms with Gasteiger partial charge in [0.15, 0.2) is 0 Å². The SMILES string of the molecule is CSCCC(C)NC(=O)CCOc1cccc(N)c1. The van der Waals surface area contributed by atoms with Crippen LogP contribution in [0, 0.1) is 0 Å². The molecule has 0 aliphatic heterocycles. The van der Waals surface area contributed by atoms with Gasteiger partial charge < -0.3 is 15.8 Å². The Bertz CT molecular complexity index is 399. The van der Waals surface area contributed by atoms with Crippen molar-refractivity contribution in [2.24, 2.45) is 0 Å². The van der Waals surface area contributed by atoms with Crippen LogP contribution >= 0.6 is 11.8 Å². The maximum Gasteiger partial charge on any atom is 0.223 e. The van der Waals surface area contributed by atoms with Crippen LogP contribution in [0.3, 0.4) is 0 Å². The molecule has 1 rings (SSSR count). The van der Waals surface area contributed by atoms with Crippen molar-refractivity contribution in [3.63, 3.8) is 0 Å². The molecule has 0 aliphatic rings. The van der Waals surface area contributed by atoms with E-state index in [2.05, 4.69) is 11.6 Å². The number of hydrogen-bond acceptors (Lipinski definition) is 4. The molecule has 0 heterocycles. The van der Waals surface area contributed by atoms with Crippen molar-refractivity contribution in [1.29, 1.82) is 0 Å². The predicted molar refractivity (Wildman–Crippen MR) is 81.6 cm³/mol. The minimum Gasteiger partial charge on any atom is -0.493 e. The predicted octanol–water partition coefficient (Wildman–Crippen LogP) is 2.30. The van der Waals surface area contributed by atoms with Gasteiger partial charge in [0.2, 0.25) is 5.91 Å². The molecule has 0 aliphatic carbocycles. The zero-order valence-electron chi connectivity index (χ0n) is 11.5. The first-order chi connectivity index (χ1) is 9.11. The van der Waals surface area contributed by atoms with Crippen LogP contribution in [0.5, 0.6) is 5.75 Å². The van der Waals surface area contributed by atoms with Crippen molar-refractivity contribution in [3.8, 4) is 5.75 Å². The summed E-state index contributed by atoms with van der Waals surface area (Å²) in [5.74, 6) is 1.78. The third-order valence-electron chi connectivity index (χ3n) is 2.62. The lowest BCUT2D eigenvalue weighted by molar-refractivity contribution is -0.122. The Balaban J connectivity index is 2.20. The van der Waals surface area contributed by atoms with Gasteiger partial charge in [-0.25, -0.2) is 0 Å². The lowest BCUT2D eigenvalue weighted by Gasteiger charge is -2.13. The lowest BCUT2D eigenvalue weighted by Crippen LogP contribution is -2.33. The Kier molecular flexibility index (Phi) is 7.18. The number of nitrogens with two attached hydrogens (primary N) is 1. The maximum absolute atomic E-state index is 11.7. The number of thioether (sulfide) groups is 1. The zero-order chi connectivity index (χ0) is 14.1. The molecule has 0 saturated heterocycles. The second-order valence-electron chi connectivity index (χ2n) is 4.42. The van der Waals surface area contributed by atoms with Gasteiger partial charge in [-0.05, 0) is 37.5 Å². The molecule has 1 unspecified atom stereocenters. The number of nitrogen functional groups attached to an aromatic ring is 1. The molecule has 3 N–H and O–H groups in total. The van der Waals surface area contributed by atoms with E-state index >= 15 is 0 Å². The molecule has 106 valence electrons. The number of ether oxygens (including phenoxy) is 1. The molecule has 0 aromatic heterocycles.